The summed E-state index contributed by atoms with van der Waals surface area (Å²) in [4.78, 5) is 10.4. The molecule has 8 nitrogen and oxygen atoms in total. The van der Waals surface area contributed by atoms with Crippen LogP contribution >= 0.6 is 0 Å². The van der Waals surface area contributed by atoms with Crippen LogP contribution in [0, 0.1) is 0 Å². The normalized spacial score (nSPS) is 37.0. The molecule has 1 aliphatic rings. The van der Waals surface area contributed by atoms with E-state index in [2.05, 4.69) is 0 Å². The fourth-order valence-electron chi connectivity index (χ4n) is 1.20. The molecule has 0 spiro atoms. The zero-order valence-electron chi connectivity index (χ0n) is 8.39. The number of aliphatic hydroxyl groups excluding tert-OH is 3. The van der Waals surface area contributed by atoms with E-state index in [1.54, 1.807) is 0 Å². The second kappa shape index (κ2) is 5.53. The van der Waals surface area contributed by atoms with E-state index in [1.165, 1.54) is 0 Å². The molecule has 1 unspecified atom stereocenters. The number of ether oxygens (including phenoxy) is 2. The molecule has 5 atom stereocenters. The molecule has 0 aliphatic carbocycles. The number of hydrogen-bond donors (Lipinski definition) is 5. The van der Waals surface area contributed by atoms with E-state index in [0.717, 1.165) is 0 Å². The lowest BCUT2D eigenvalue weighted by Crippen LogP contribution is -2.54. The summed E-state index contributed by atoms with van der Waals surface area (Å²) >= 11 is 0. The highest BCUT2D eigenvalue weighted by atomic mass is 16.7. The molecule has 1 saturated heterocycles. The van der Waals surface area contributed by atoms with Crippen LogP contribution in [0.1, 0.15) is 0 Å². The molecule has 0 aromatic heterocycles. The van der Waals surface area contributed by atoms with Gasteiger partial charge >= 0.3 is 5.97 Å². The Bertz CT molecular complexity index is 249. The number of aliphatic carboxylic acids is 1. The zero-order valence-corrected chi connectivity index (χ0v) is 8.39. The maximum Gasteiger partial charge on any atom is 0.322 e. The van der Waals surface area contributed by atoms with Crippen LogP contribution in [0.4, 0.5) is 0 Å². The predicted molar refractivity (Wildman–Crippen MR) is 49.3 cm³/mol. The lowest BCUT2D eigenvalue weighted by molar-refractivity contribution is -0.270. The number of carboxylic acids is 1. The Morgan fingerprint density at radius 3 is 2.62 bits per heavy atom. The monoisotopic (exact) mass is 237 g/mol. The van der Waals surface area contributed by atoms with Gasteiger partial charge in [-0.1, -0.05) is 0 Å². The quantitative estimate of drug-likeness (QED) is 0.345. The van der Waals surface area contributed by atoms with Crippen LogP contribution in [-0.2, 0) is 14.3 Å². The van der Waals surface area contributed by atoms with Gasteiger partial charge < -0.3 is 35.6 Å². The number of carbonyl (C=O) groups is 1. The smallest absolute Gasteiger partial charge is 0.322 e. The highest BCUT2D eigenvalue weighted by molar-refractivity contribution is 5.73. The summed E-state index contributed by atoms with van der Waals surface area (Å²) in [5.41, 5.74) is 5.17. The highest BCUT2D eigenvalue weighted by Crippen LogP contribution is 2.16. The van der Waals surface area contributed by atoms with Crippen molar-refractivity contribution in [3.05, 3.63) is 0 Å². The number of hydrogen-bond acceptors (Lipinski definition) is 7. The van der Waals surface area contributed by atoms with Gasteiger partial charge in [0.2, 0.25) is 0 Å². The second-order valence-corrected chi connectivity index (χ2v) is 3.53. The molecule has 6 N–H and O–H groups in total. The van der Waals surface area contributed by atoms with Crippen LogP contribution in [0.2, 0.25) is 0 Å². The van der Waals surface area contributed by atoms with Crippen LogP contribution in [0.15, 0.2) is 0 Å². The molecular formula is C8H15NO7. The zero-order chi connectivity index (χ0) is 12.3. The molecule has 1 aliphatic heterocycles. The summed E-state index contributed by atoms with van der Waals surface area (Å²) < 4.78 is 9.76. The van der Waals surface area contributed by atoms with Gasteiger partial charge in [-0.2, -0.15) is 0 Å². The molecule has 0 aromatic rings. The van der Waals surface area contributed by atoms with Crippen LogP contribution < -0.4 is 5.73 Å². The summed E-state index contributed by atoms with van der Waals surface area (Å²) in [5, 5.41) is 36.3. The molecule has 1 fully saturated rings. The lowest BCUT2D eigenvalue weighted by atomic mass is 10.1. The number of carboxylic acid groups (broad SMARTS) is 1. The van der Waals surface area contributed by atoms with Crippen molar-refractivity contribution >= 4 is 5.97 Å². The first-order chi connectivity index (χ1) is 7.43. The van der Waals surface area contributed by atoms with Gasteiger partial charge in [0.25, 0.3) is 0 Å². The van der Waals surface area contributed by atoms with Gasteiger partial charge in [0.05, 0.1) is 13.2 Å². The minimum atomic E-state index is -1.44. The molecule has 16 heavy (non-hydrogen) atoms. The Kier molecular flexibility index (Phi) is 4.59. The van der Waals surface area contributed by atoms with Crippen molar-refractivity contribution in [3.8, 4) is 0 Å². The van der Waals surface area contributed by atoms with E-state index in [-0.39, 0.29) is 13.2 Å². The van der Waals surface area contributed by atoms with Gasteiger partial charge in [0.15, 0.2) is 6.29 Å². The molecule has 0 amide bonds. The first-order valence-corrected chi connectivity index (χ1v) is 4.69. The van der Waals surface area contributed by atoms with Crippen molar-refractivity contribution in [3.63, 3.8) is 0 Å². The third-order valence-electron chi connectivity index (χ3n) is 2.21. The lowest BCUT2D eigenvalue weighted by Gasteiger charge is -2.35. The number of aliphatic hydroxyl groups is 3. The summed E-state index contributed by atoms with van der Waals surface area (Å²) in [5.74, 6) is -1.24. The van der Waals surface area contributed by atoms with Crippen molar-refractivity contribution in [2.45, 2.75) is 30.6 Å². The summed E-state index contributed by atoms with van der Waals surface area (Å²) in [7, 11) is 0. The summed E-state index contributed by atoms with van der Waals surface area (Å²) in [6, 6.07) is -1.24. The summed E-state index contributed by atoms with van der Waals surface area (Å²) in [6.45, 7) is -0.564. The van der Waals surface area contributed by atoms with Crippen LogP contribution in [-0.4, -0.2) is 70.3 Å². The van der Waals surface area contributed by atoms with Gasteiger partial charge in [0, 0.05) is 0 Å². The largest absolute Gasteiger partial charge is 0.480 e. The molecule has 1 heterocycles. The third-order valence-corrected chi connectivity index (χ3v) is 2.21. The molecular weight excluding hydrogens is 222 g/mol. The van der Waals surface area contributed by atoms with E-state index in [0.29, 0.717) is 0 Å². The van der Waals surface area contributed by atoms with Gasteiger partial charge in [-0.3, -0.25) is 4.79 Å². The molecule has 94 valence electrons. The standard InChI is InChI=1S/C8H15NO7/c9-3(7(13)14)1-15-8-6(12)5(11)4(10)2-16-8/h3-6,8,10-12H,1-2,9H2,(H,13,14)/t3-,4+,5-,6+,8?/m0/s1. The third kappa shape index (κ3) is 3.11. The van der Waals surface area contributed by atoms with Gasteiger partial charge in [-0.25, -0.2) is 0 Å². The molecule has 8 heteroatoms. The predicted octanol–water partition coefficient (Wildman–Crippen LogP) is -3.15. The van der Waals surface area contributed by atoms with Gasteiger partial charge in [-0.15, -0.1) is 0 Å². The number of rotatable bonds is 4. The fourth-order valence-corrected chi connectivity index (χ4v) is 1.20. The van der Waals surface area contributed by atoms with E-state index in [4.69, 9.17) is 25.4 Å². The fraction of sp³-hybridized carbons (Fsp3) is 0.875. The maximum absolute atomic E-state index is 10.4. The van der Waals surface area contributed by atoms with Crippen LogP contribution in [0.3, 0.4) is 0 Å². The average Bonchev–Trinajstić information content (AvgIpc) is 2.24. The minimum absolute atomic E-state index is 0.203. The Labute approximate surface area is 91.2 Å². The van der Waals surface area contributed by atoms with E-state index < -0.39 is 36.6 Å². The first kappa shape index (κ1) is 13.3. The average molecular weight is 237 g/mol. The van der Waals surface area contributed by atoms with Crippen molar-refractivity contribution in [2.75, 3.05) is 13.2 Å². The molecule has 0 saturated carbocycles. The van der Waals surface area contributed by atoms with Crippen molar-refractivity contribution in [1.29, 1.82) is 0 Å². The Morgan fingerprint density at radius 2 is 2.06 bits per heavy atom. The Hall–Kier alpha value is -0.770. The van der Waals surface area contributed by atoms with E-state index >= 15 is 0 Å². The topological polar surface area (TPSA) is 142 Å². The van der Waals surface area contributed by atoms with Gasteiger partial charge in [0.1, 0.15) is 24.4 Å². The van der Waals surface area contributed by atoms with Gasteiger partial charge in [-0.05, 0) is 0 Å². The molecule has 0 bridgehead atoms. The van der Waals surface area contributed by atoms with E-state index in [9.17, 15) is 15.0 Å². The SMILES string of the molecule is N[C@@H](COC1OC[C@@H](O)[C@H](O)[C@H]1O)C(=O)O. The van der Waals surface area contributed by atoms with Crippen LogP contribution in [0.25, 0.3) is 0 Å². The molecule has 0 radical (unpaired) electrons. The highest BCUT2D eigenvalue weighted by Gasteiger charge is 2.38. The van der Waals surface area contributed by atoms with Crippen molar-refractivity contribution in [1.82, 2.24) is 0 Å². The molecule has 1 rings (SSSR count). The Balaban J connectivity index is 2.40. The number of nitrogens with two attached hydrogens (primary N) is 1. The Morgan fingerprint density at radius 1 is 1.44 bits per heavy atom. The van der Waals surface area contributed by atoms with Crippen molar-refractivity contribution in [2.24, 2.45) is 5.73 Å². The van der Waals surface area contributed by atoms with Crippen molar-refractivity contribution < 1.29 is 34.7 Å². The minimum Gasteiger partial charge on any atom is -0.480 e. The summed E-state index contributed by atoms with van der Waals surface area (Å²) in [6.07, 6.45) is -5.21. The maximum atomic E-state index is 10.4. The first-order valence-electron chi connectivity index (χ1n) is 4.69. The second-order valence-electron chi connectivity index (χ2n) is 3.53. The molecule has 0 aromatic carbocycles. The van der Waals surface area contributed by atoms with Crippen LogP contribution in [0.5, 0.6) is 0 Å². The van der Waals surface area contributed by atoms with E-state index in [1.807, 2.05) is 0 Å².